The molecule has 0 fully saturated rings. The fraction of sp³-hybridized carbons (Fsp3) is 0.167. The molecule has 3 N–H and O–H groups in total. The maximum Gasteiger partial charge on any atom is 0.227 e. The average Bonchev–Trinajstić information content (AvgIpc) is 2.67. The van der Waals surface area contributed by atoms with E-state index in [9.17, 15) is 0 Å². The smallest absolute Gasteiger partial charge is 0.227 e. The van der Waals surface area contributed by atoms with E-state index in [0.717, 1.165) is 0 Å². The standard InChI is InChI=1S/C6H7N7O/c7-5-9-2-10-6(12-5)8-1-4-11-3-14-13-4/h2-3H,1H2,(H3,7,8,9,10,12). The first-order valence-electron chi connectivity index (χ1n) is 3.78. The van der Waals surface area contributed by atoms with Gasteiger partial charge in [-0.1, -0.05) is 5.16 Å². The second-order valence-corrected chi connectivity index (χ2v) is 2.37. The van der Waals surface area contributed by atoms with Crippen LogP contribution in [0.2, 0.25) is 0 Å². The summed E-state index contributed by atoms with van der Waals surface area (Å²) in [7, 11) is 0. The van der Waals surface area contributed by atoms with E-state index in [1.54, 1.807) is 0 Å². The van der Waals surface area contributed by atoms with Crippen molar-refractivity contribution in [1.29, 1.82) is 0 Å². The Bertz CT molecular complexity index is 400. The number of nitrogens with zero attached hydrogens (tertiary/aromatic N) is 5. The molecule has 72 valence electrons. The third-order valence-electron chi connectivity index (χ3n) is 1.40. The number of aromatic nitrogens is 5. The summed E-state index contributed by atoms with van der Waals surface area (Å²) in [4.78, 5) is 15.1. The first kappa shape index (κ1) is 8.35. The molecular formula is C6H7N7O. The number of rotatable bonds is 3. The molecule has 8 heteroatoms. The zero-order valence-electron chi connectivity index (χ0n) is 7.08. The van der Waals surface area contributed by atoms with E-state index in [-0.39, 0.29) is 5.95 Å². The molecule has 2 aromatic rings. The van der Waals surface area contributed by atoms with Crippen molar-refractivity contribution in [2.75, 3.05) is 11.1 Å². The van der Waals surface area contributed by atoms with Gasteiger partial charge in [-0.2, -0.15) is 9.97 Å². The van der Waals surface area contributed by atoms with E-state index in [0.29, 0.717) is 18.3 Å². The molecule has 0 saturated carbocycles. The third-order valence-corrected chi connectivity index (χ3v) is 1.40. The maximum atomic E-state index is 5.36. The normalized spacial score (nSPS) is 10.0. The van der Waals surface area contributed by atoms with E-state index in [2.05, 4.69) is 34.9 Å². The molecular weight excluding hydrogens is 186 g/mol. The molecule has 0 bridgehead atoms. The zero-order chi connectivity index (χ0) is 9.80. The van der Waals surface area contributed by atoms with Crippen molar-refractivity contribution >= 4 is 11.9 Å². The first-order chi connectivity index (χ1) is 6.84. The van der Waals surface area contributed by atoms with Crippen molar-refractivity contribution in [2.45, 2.75) is 6.54 Å². The van der Waals surface area contributed by atoms with Crippen LogP contribution in [-0.2, 0) is 6.54 Å². The molecule has 0 atom stereocenters. The van der Waals surface area contributed by atoms with Gasteiger partial charge in [0.2, 0.25) is 18.3 Å². The highest BCUT2D eigenvalue weighted by molar-refractivity contribution is 5.28. The topological polar surface area (TPSA) is 116 Å². The fourth-order valence-corrected chi connectivity index (χ4v) is 0.823. The SMILES string of the molecule is Nc1ncnc(NCc2ncon2)n1. The van der Waals surface area contributed by atoms with Crippen LogP contribution in [0.4, 0.5) is 11.9 Å². The molecule has 0 unspecified atom stereocenters. The van der Waals surface area contributed by atoms with Gasteiger partial charge in [0.05, 0.1) is 6.54 Å². The Balaban J connectivity index is 1.98. The average molecular weight is 193 g/mol. The minimum Gasteiger partial charge on any atom is -0.368 e. The summed E-state index contributed by atoms with van der Waals surface area (Å²) in [5.41, 5.74) is 5.36. The molecule has 0 saturated heterocycles. The quantitative estimate of drug-likeness (QED) is 0.666. The fourth-order valence-electron chi connectivity index (χ4n) is 0.823. The lowest BCUT2D eigenvalue weighted by Crippen LogP contribution is -2.06. The third kappa shape index (κ3) is 1.91. The van der Waals surface area contributed by atoms with Gasteiger partial charge in [-0.3, -0.25) is 0 Å². The summed E-state index contributed by atoms with van der Waals surface area (Å²) < 4.78 is 4.55. The largest absolute Gasteiger partial charge is 0.368 e. The predicted octanol–water partition coefficient (Wildman–Crippen LogP) is -0.551. The Morgan fingerprint density at radius 3 is 3.00 bits per heavy atom. The van der Waals surface area contributed by atoms with Crippen LogP contribution in [0.3, 0.4) is 0 Å². The number of nitrogen functional groups attached to an aromatic ring is 1. The van der Waals surface area contributed by atoms with Gasteiger partial charge >= 0.3 is 0 Å². The zero-order valence-corrected chi connectivity index (χ0v) is 7.08. The highest BCUT2D eigenvalue weighted by Crippen LogP contribution is 1.99. The van der Waals surface area contributed by atoms with Crippen molar-refractivity contribution in [3.63, 3.8) is 0 Å². The lowest BCUT2D eigenvalue weighted by Gasteiger charge is -2.00. The van der Waals surface area contributed by atoms with E-state index in [1.807, 2.05) is 0 Å². The van der Waals surface area contributed by atoms with Crippen LogP contribution in [0.25, 0.3) is 0 Å². The van der Waals surface area contributed by atoms with Gasteiger partial charge < -0.3 is 15.6 Å². The van der Waals surface area contributed by atoms with Gasteiger partial charge in [0.25, 0.3) is 0 Å². The van der Waals surface area contributed by atoms with Crippen LogP contribution < -0.4 is 11.1 Å². The van der Waals surface area contributed by atoms with E-state index >= 15 is 0 Å². The molecule has 0 aliphatic heterocycles. The van der Waals surface area contributed by atoms with Gasteiger partial charge in [-0.05, 0) is 0 Å². The lowest BCUT2D eigenvalue weighted by molar-refractivity contribution is 0.411. The molecule has 0 aromatic carbocycles. The number of anilines is 2. The van der Waals surface area contributed by atoms with Crippen LogP contribution in [0.1, 0.15) is 5.82 Å². The number of hydrogen-bond donors (Lipinski definition) is 2. The first-order valence-corrected chi connectivity index (χ1v) is 3.78. The Hall–Kier alpha value is -2.25. The molecule has 0 aliphatic rings. The molecule has 2 heterocycles. The Morgan fingerprint density at radius 2 is 2.29 bits per heavy atom. The second kappa shape index (κ2) is 3.64. The molecule has 14 heavy (non-hydrogen) atoms. The van der Waals surface area contributed by atoms with Crippen LogP contribution >= 0.6 is 0 Å². The summed E-state index contributed by atoms with van der Waals surface area (Å²) in [5, 5.41) is 6.46. The monoisotopic (exact) mass is 193 g/mol. The molecule has 0 radical (unpaired) electrons. The lowest BCUT2D eigenvalue weighted by atomic mass is 10.6. The van der Waals surface area contributed by atoms with Gasteiger partial charge in [0.1, 0.15) is 6.33 Å². The van der Waals surface area contributed by atoms with Gasteiger partial charge in [0, 0.05) is 0 Å². The summed E-state index contributed by atoms with van der Waals surface area (Å²) >= 11 is 0. The van der Waals surface area contributed by atoms with E-state index in [4.69, 9.17) is 5.73 Å². The van der Waals surface area contributed by atoms with Gasteiger partial charge in [-0.15, -0.1) is 0 Å². The van der Waals surface area contributed by atoms with E-state index in [1.165, 1.54) is 12.7 Å². The summed E-state index contributed by atoms with van der Waals surface area (Å²) in [5.74, 6) is 1.06. The molecule has 0 aliphatic carbocycles. The molecule has 2 rings (SSSR count). The Labute approximate surface area is 78.6 Å². The van der Waals surface area contributed by atoms with Gasteiger partial charge in [-0.25, -0.2) is 9.97 Å². The highest BCUT2D eigenvalue weighted by atomic mass is 16.5. The Kier molecular flexibility index (Phi) is 2.17. The van der Waals surface area contributed by atoms with Gasteiger partial charge in [0.15, 0.2) is 5.82 Å². The predicted molar refractivity (Wildman–Crippen MR) is 45.9 cm³/mol. The molecule has 2 aromatic heterocycles. The van der Waals surface area contributed by atoms with Crippen LogP contribution in [0, 0.1) is 0 Å². The minimum absolute atomic E-state index is 0.163. The van der Waals surface area contributed by atoms with Crippen molar-refractivity contribution in [3.05, 3.63) is 18.5 Å². The summed E-state index contributed by atoms with van der Waals surface area (Å²) in [6, 6.07) is 0. The molecule has 8 nitrogen and oxygen atoms in total. The Morgan fingerprint density at radius 1 is 1.36 bits per heavy atom. The number of hydrogen-bond acceptors (Lipinski definition) is 8. The van der Waals surface area contributed by atoms with Crippen molar-refractivity contribution in [2.24, 2.45) is 0 Å². The maximum absolute atomic E-state index is 5.36. The van der Waals surface area contributed by atoms with Crippen molar-refractivity contribution in [3.8, 4) is 0 Å². The molecule has 0 spiro atoms. The summed E-state index contributed by atoms with van der Waals surface area (Å²) in [6.07, 6.45) is 2.57. The van der Waals surface area contributed by atoms with Crippen LogP contribution in [0.5, 0.6) is 0 Å². The number of nitrogens with two attached hydrogens (primary N) is 1. The van der Waals surface area contributed by atoms with E-state index < -0.39 is 0 Å². The second-order valence-electron chi connectivity index (χ2n) is 2.37. The van der Waals surface area contributed by atoms with Crippen LogP contribution in [-0.4, -0.2) is 25.1 Å². The number of nitrogens with one attached hydrogen (secondary N) is 1. The molecule has 0 amide bonds. The van der Waals surface area contributed by atoms with Crippen molar-refractivity contribution < 1.29 is 4.52 Å². The van der Waals surface area contributed by atoms with Crippen LogP contribution in [0.15, 0.2) is 17.2 Å². The summed E-state index contributed by atoms with van der Waals surface area (Å²) in [6.45, 7) is 0.375. The van der Waals surface area contributed by atoms with Crippen molar-refractivity contribution in [1.82, 2.24) is 25.1 Å². The minimum atomic E-state index is 0.163. The highest BCUT2D eigenvalue weighted by Gasteiger charge is 2.00.